The van der Waals surface area contributed by atoms with Crippen LogP contribution in [0.15, 0.2) is 18.2 Å². The van der Waals surface area contributed by atoms with E-state index in [1.165, 1.54) is 13.8 Å². The monoisotopic (exact) mass is 234 g/mol. The van der Waals surface area contributed by atoms with Gasteiger partial charge in [-0.05, 0) is 24.5 Å². The topological polar surface area (TPSA) is 52.6 Å². The molecule has 1 aliphatic carbocycles. The summed E-state index contributed by atoms with van der Waals surface area (Å²) in [6.45, 7) is 2.77. The van der Waals surface area contributed by atoms with Crippen LogP contribution in [0.3, 0.4) is 0 Å². The van der Waals surface area contributed by atoms with Crippen LogP contribution in [0.1, 0.15) is 37.5 Å². The zero-order valence-electron chi connectivity index (χ0n) is 9.86. The summed E-state index contributed by atoms with van der Waals surface area (Å²) in [5.74, 6) is -0.0558. The third-order valence-corrected chi connectivity index (χ3v) is 2.73. The highest BCUT2D eigenvalue weighted by Crippen LogP contribution is 2.39. The lowest BCUT2D eigenvalue weighted by Crippen LogP contribution is -2.06. The zero-order valence-corrected chi connectivity index (χ0v) is 9.86. The Hall–Kier alpha value is -1.84. The summed E-state index contributed by atoms with van der Waals surface area (Å²) in [6, 6.07) is 5.47. The Morgan fingerprint density at radius 2 is 2.00 bits per heavy atom. The number of benzene rings is 1. The first-order chi connectivity index (χ1) is 8.08. The Kier molecular flexibility index (Phi) is 3.13. The summed E-state index contributed by atoms with van der Waals surface area (Å²) >= 11 is 0. The van der Waals surface area contributed by atoms with E-state index in [0.29, 0.717) is 5.75 Å². The number of rotatable bonds is 2. The average molecular weight is 234 g/mol. The molecule has 0 saturated heterocycles. The van der Waals surface area contributed by atoms with Crippen LogP contribution >= 0.6 is 0 Å². The van der Waals surface area contributed by atoms with Crippen molar-refractivity contribution in [2.45, 2.75) is 32.8 Å². The zero-order chi connectivity index (χ0) is 12.4. The van der Waals surface area contributed by atoms with Crippen molar-refractivity contribution in [3.63, 3.8) is 0 Å². The SMILES string of the molecule is CC(=O)Oc1cccc2c1CCC2OC(C)=O. The first-order valence-corrected chi connectivity index (χ1v) is 5.55. The smallest absolute Gasteiger partial charge is 0.308 e. The van der Waals surface area contributed by atoms with E-state index in [-0.39, 0.29) is 18.0 Å². The van der Waals surface area contributed by atoms with Gasteiger partial charge in [0.15, 0.2) is 0 Å². The minimum Gasteiger partial charge on any atom is -0.458 e. The Labute approximate surface area is 99.5 Å². The number of carbonyl (C=O) groups is 2. The molecule has 0 amide bonds. The standard InChI is InChI=1S/C13H14O4/c1-8(14)16-12-5-3-4-10-11(12)6-7-13(10)17-9(2)15/h3-5,13H,6-7H2,1-2H3. The molecule has 0 aromatic heterocycles. The van der Waals surface area contributed by atoms with Gasteiger partial charge in [-0.1, -0.05) is 12.1 Å². The summed E-state index contributed by atoms with van der Waals surface area (Å²) < 4.78 is 10.3. The molecule has 0 bridgehead atoms. The summed E-state index contributed by atoms with van der Waals surface area (Å²) in [7, 11) is 0. The minimum atomic E-state index is -0.339. The van der Waals surface area contributed by atoms with Gasteiger partial charge >= 0.3 is 11.9 Å². The van der Waals surface area contributed by atoms with Gasteiger partial charge in [-0.25, -0.2) is 0 Å². The summed E-state index contributed by atoms with van der Waals surface area (Å²) in [6.07, 6.45) is 1.29. The number of hydrogen-bond donors (Lipinski definition) is 0. The number of hydrogen-bond acceptors (Lipinski definition) is 4. The van der Waals surface area contributed by atoms with Crippen LogP contribution in [0.5, 0.6) is 5.75 Å². The van der Waals surface area contributed by atoms with Crippen LogP contribution in [-0.4, -0.2) is 11.9 Å². The molecule has 1 aromatic rings. The first kappa shape index (κ1) is 11.6. The molecular weight excluding hydrogens is 220 g/mol. The Bertz CT molecular complexity index is 464. The van der Waals surface area contributed by atoms with Gasteiger partial charge in [0.25, 0.3) is 0 Å². The highest BCUT2D eigenvalue weighted by atomic mass is 16.5. The van der Waals surface area contributed by atoms with E-state index >= 15 is 0 Å². The van der Waals surface area contributed by atoms with Crippen LogP contribution in [0.2, 0.25) is 0 Å². The molecule has 0 radical (unpaired) electrons. The number of esters is 2. The largest absolute Gasteiger partial charge is 0.458 e. The molecule has 17 heavy (non-hydrogen) atoms. The lowest BCUT2D eigenvalue weighted by atomic mass is 10.1. The predicted molar refractivity (Wildman–Crippen MR) is 60.6 cm³/mol. The van der Waals surface area contributed by atoms with E-state index in [2.05, 4.69) is 0 Å². The van der Waals surface area contributed by atoms with Gasteiger partial charge in [0.05, 0.1) is 0 Å². The highest BCUT2D eigenvalue weighted by Gasteiger charge is 2.27. The Morgan fingerprint density at radius 1 is 1.24 bits per heavy atom. The molecule has 0 fully saturated rings. The molecule has 1 unspecified atom stereocenters. The molecule has 1 aliphatic rings. The quantitative estimate of drug-likeness (QED) is 0.581. The maximum Gasteiger partial charge on any atom is 0.308 e. The van der Waals surface area contributed by atoms with Gasteiger partial charge in [-0.15, -0.1) is 0 Å². The molecule has 4 nitrogen and oxygen atoms in total. The van der Waals surface area contributed by atoms with Crippen molar-refractivity contribution in [1.82, 2.24) is 0 Å². The second-order valence-electron chi connectivity index (χ2n) is 4.05. The summed E-state index contributed by atoms with van der Waals surface area (Å²) in [5.41, 5.74) is 1.91. The van der Waals surface area contributed by atoms with E-state index in [9.17, 15) is 9.59 Å². The molecule has 90 valence electrons. The van der Waals surface area contributed by atoms with Gasteiger partial charge in [0.1, 0.15) is 11.9 Å². The molecule has 0 N–H and O–H groups in total. The fourth-order valence-corrected chi connectivity index (χ4v) is 2.16. The van der Waals surface area contributed by atoms with Crippen molar-refractivity contribution in [3.05, 3.63) is 29.3 Å². The van der Waals surface area contributed by atoms with E-state index in [1.54, 1.807) is 12.1 Å². The number of carbonyl (C=O) groups excluding carboxylic acids is 2. The lowest BCUT2D eigenvalue weighted by molar-refractivity contribution is -0.146. The van der Waals surface area contributed by atoms with Crippen LogP contribution in [0.25, 0.3) is 0 Å². The molecule has 0 aliphatic heterocycles. The lowest BCUT2D eigenvalue weighted by Gasteiger charge is -2.12. The Morgan fingerprint density at radius 3 is 2.65 bits per heavy atom. The van der Waals surface area contributed by atoms with E-state index in [1.807, 2.05) is 6.07 Å². The number of fused-ring (bicyclic) bond motifs is 1. The summed E-state index contributed by atoms with van der Waals surface area (Å²) in [5, 5.41) is 0. The van der Waals surface area contributed by atoms with E-state index in [0.717, 1.165) is 24.0 Å². The molecule has 0 saturated carbocycles. The first-order valence-electron chi connectivity index (χ1n) is 5.55. The molecule has 4 heteroatoms. The predicted octanol–water partition coefficient (Wildman–Crippen LogP) is 2.16. The van der Waals surface area contributed by atoms with Crippen LogP contribution in [0.4, 0.5) is 0 Å². The highest BCUT2D eigenvalue weighted by molar-refractivity contribution is 5.70. The third kappa shape index (κ3) is 2.46. The molecule has 0 heterocycles. The van der Waals surface area contributed by atoms with Gasteiger partial charge in [-0.2, -0.15) is 0 Å². The van der Waals surface area contributed by atoms with Crippen molar-refractivity contribution in [1.29, 1.82) is 0 Å². The van der Waals surface area contributed by atoms with Crippen molar-refractivity contribution in [3.8, 4) is 5.75 Å². The van der Waals surface area contributed by atoms with Crippen LogP contribution in [-0.2, 0) is 20.7 Å². The molecule has 2 rings (SSSR count). The maximum absolute atomic E-state index is 11.0. The van der Waals surface area contributed by atoms with Crippen molar-refractivity contribution >= 4 is 11.9 Å². The summed E-state index contributed by atoms with van der Waals surface area (Å²) in [4.78, 5) is 21.9. The molecule has 0 spiro atoms. The fourth-order valence-electron chi connectivity index (χ4n) is 2.16. The second kappa shape index (κ2) is 4.57. The van der Waals surface area contributed by atoms with Gasteiger partial charge in [0.2, 0.25) is 0 Å². The van der Waals surface area contributed by atoms with Crippen LogP contribution < -0.4 is 4.74 Å². The van der Waals surface area contributed by atoms with Gasteiger partial charge in [0, 0.05) is 19.4 Å². The minimum absolute atomic E-state index is 0.210. The van der Waals surface area contributed by atoms with Crippen LogP contribution in [0, 0.1) is 0 Å². The molecule has 1 atom stereocenters. The normalized spacial score (nSPS) is 17.4. The second-order valence-corrected chi connectivity index (χ2v) is 4.05. The van der Waals surface area contributed by atoms with Crippen molar-refractivity contribution < 1.29 is 19.1 Å². The molecular formula is C13H14O4. The van der Waals surface area contributed by atoms with Crippen molar-refractivity contribution in [2.75, 3.05) is 0 Å². The van der Waals surface area contributed by atoms with E-state index in [4.69, 9.17) is 9.47 Å². The average Bonchev–Trinajstić information content (AvgIpc) is 2.61. The Balaban J connectivity index is 2.28. The third-order valence-electron chi connectivity index (χ3n) is 2.73. The van der Waals surface area contributed by atoms with Gasteiger partial charge < -0.3 is 9.47 Å². The number of ether oxygens (including phenoxy) is 2. The molecule has 1 aromatic carbocycles. The van der Waals surface area contributed by atoms with Crippen molar-refractivity contribution in [2.24, 2.45) is 0 Å². The fraction of sp³-hybridized carbons (Fsp3) is 0.385. The maximum atomic E-state index is 11.0. The van der Waals surface area contributed by atoms with Gasteiger partial charge in [-0.3, -0.25) is 9.59 Å². The van der Waals surface area contributed by atoms with E-state index < -0.39 is 0 Å².